The second kappa shape index (κ2) is 8.87. The Hall–Kier alpha value is -3.19. The Morgan fingerprint density at radius 1 is 0.971 bits per heavy atom. The van der Waals surface area contributed by atoms with Gasteiger partial charge in [-0.05, 0) is 61.7 Å². The second-order valence-corrected chi connectivity index (χ2v) is 9.62. The van der Waals surface area contributed by atoms with Crippen LogP contribution >= 0.6 is 11.6 Å². The number of ether oxygens (including phenoxy) is 1. The number of amides is 3. The summed E-state index contributed by atoms with van der Waals surface area (Å²) in [7, 11) is 0. The Balaban J connectivity index is 1.25. The van der Waals surface area contributed by atoms with Gasteiger partial charge in [-0.3, -0.25) is 24.1 Å². The van der Waals surface area contributed by atoms with Crippen molar-refractivity contribution in [3.8, 4) is 5.75 Å². The fourth-order valence-electron chi connectivity index (χ4n) is 5.27. The van der Waals surface area contributed by atoms with Crippen molar-refractivity contribution in [2.24, 2.45) is 17.8 Å². The van der Waals surface area contributed by atoms with Crippen molar-refractivity contribution in [1.82, 2.24) is 0 Å². The van der Waals surface area contributed by atoms with Gasteiger partial charge < -0.3 is 9.64 Å². The number of fused-ring (bicyclic) bond motifs is 1. The molecule has 34 heavy (non-hydrogen) atoms. The van der Waals surface area contributed by atoms with Crippen LogP contribution in [-0.4, -0.2) is 30.2 Å². The summed E-state index contributed by atoms with van der Waals surface area (Å²) in [5.41, 5.74) is 1.97. The van der Waals surface area contributed by atoms with Gasteiger partial charge in [-0.1, -0.05) is 30.5 Å². The second-order valence-electron chi connectivity index (χ2n) is 9.21. The van der Waals surface area contributed by atoms with Crippen molar-refractivity contribution in [3.05, 3.63) is 53.1 Å². The number of carbonyl (C=O) groups excluding carboxylic acids is 4. The van der Waals surface area contributed by atoms with Crippen LogP contribution in [0.5, 0.6) is 5.75 Å². The third-order valence-corrected chi connectivity index (χ3v) is 7.55. The molecule has 2 heterocycles. The van der Waals surface area contributed by atoms with Gasteiger partial charge in [0.25, 0.3) is 0 Å². The zero-order valence-electron chi connectivity index (χ0n) is 18.8. The van der Waals surface area contributed by atoms with E-state index < -0.39 is 11.9 Å². The molecule has 0 N–H and O–H groups in total. The van der Waals surface area contributed by atoms with Gasteiger partial charge in [0, 0.05) is 23.7 Å². The Labute approximate surface area is 202 Å². The largest absolute Gasteiger partial charge is 0.426 e. The van der Waals surface area contributed by atoms with Crippen molar-refractivity contribution in [1.29, 1.82) is 0 Å². The molecule has 2 aromatic rings. The van der Waals surface area contributed by atoms with Crippen LogP contribution in [-0.2, 0) is 19.2 Å². The fraction of sp³-hybridized carbons (Fsp3) is 0.385. The Kier molecular flexibility index (Phi) is 5.90. The van der Waals surface area contributed by atoms with Crippen LogP contribution < -0.4 is 14.5 Å². The van der Waals surface area contributed by atoms with Crippen molar-refractivity contribution in [2.75, 3.05) is 16.3 Å². The molecule has 0 spiro atoms. The number of hydrogen-bond acceptors (Lipinski definition) is 5. The van der Waals surface area contributed by atoms with Gasteiger partial charge in [-0.25, -0.2) is 0 Å². The predicted octanol–water partition coefficient (Wildman–Crippen LogP) is 4.29. The lowest BCUT2D eigenvalue weighted by atomic mass is 9.81. The first kappa shape index (κ1) is 22.6. The molecule has 1 saturated carbocycles. The van der Waals surface area contributed by atoms with E-state index >= 15 is 0 Å². The van der Waals surface area contributed by atoms with E-state index in [0.29, 0.717) is 22.1 Å². The molecule has 3 amide bonds. The number of esters is 1. The van der Waals surface area contributed by atoms with Crippen LogP contribution in [0.25, 0.3) is 0 Å². The average molecular weight is 481 g/mol. The monoisotopic (exact) mass is 480 g/mol. The molecule has 2 aliphatic heterocycles. The van der Waals surface area contributed by atoms with E-state index in [1.54, 1.807) is 41.3 Å². The summed E-state index contributed by atoms with van der Waals surface area (Å²) < 4.78 is 5.52. The summed E-state index contributed by atoms with van der Waals surface area (Å²) in [4.78, 5) is 53.7. The molecule has 176 valence electrons. The van der Waals surface area contributed by atoms with Crippen molar-refractivity contribution < 1.29 is 23.9 Å². The first-order chi connectivity index (χ1) is 16.3. The van der Waals surface area contributed by atoms with Gasteiger partial charge in [0.1, 0.15) is 5.75 Å². The molecular weight excluding hydrogens is 456 g/mol. The van der Waals surface area contributed by atoms with Crippen molar-refractivity contribution in [3.63, 3.8) is 0 Å². The van der Waals surface area contributed by atoms with Crippen LogP contribution in [0, 0.1) is 24.7 Å². The molecule has 3 fully saturated rings. The van der Waals surface area contributed by atoms with E-state index in [9.17, 15) is 19.2 Å². The maximum Gasteiger partial charge on any atom is 0.316 e. The lowest BCUT2D eigenvalue weighted by molar-refractivity contribution is -0.139. The van der Waals surface area contributed by atoms with E-state index in [4.69, 9.17) is 16.3 Å². The van der Waals surface area contributed by atoms with Crippen molar-refractivity contribution in [2.45, 2.75) is 39.0 Å². The summed E-state index contributed by atoms with van der Waals surface area (Å²) in [5, 5.41) is 0.561. The fourth-order valence-corrected chi connectivity index (χ4v) is 5.44. The van der Waals surface area contributed by atoms with Gasteiger partial charge >= 0.3 is 5.97 Å². The lowest BCUT2D eigenvalue weighted by Gasteiger charge is -2.19. The van der Waals surface area contributed by atoms with E-state index in [1.807, 2.05) is 13.0 Å². The Morgan fingerprint density at radius 3 is 2.26 bits per heavy atom. The van der Waals surface area contributed by atoms with Crippen LogP contribution in [0.4, 0.5) is 11.4 Å². The smallest absolute Gasteiger partial charge is 0.316 e. The van der Waals surface area contributed by atoms with Gasteiger partial charge in [0.2, 0.25) is 17.7 Å². The van der Waals surface area contributed by atoms with Crippen molar-refractivity contribution >= 4 is 46.7 Å². The van der Waals surface area contributed by atoms with E-state index in [2.05, 4.69) is 0 Å². The third kappa shape index (κ3) is 3.88. The molecule has 0 unspecified atom stereocenters. The van der Waals surface area contributed by atoms with Crippen LogP contribution in [0.2, 0.25) is 5.02 Å². The Bertz CT molecular complexity index is 1150. The standard InChI is InChI=1S/C26H25ClN2O5/c1-15-21(27)7-4-8-22(15)28-14-16(13-23(28)30)26(33)34-18-11-9-17(10-12-18)29-24(31)19-5-2-3-6-20(19)25(29)32/h4,7-12,16,19-20H,2-3,5-6,13-14H2,1H3/t16-,19-,20+/m0/s1. The van der Waals surface area contributed by atoms with Gasteiger partial charge in [-0.2, -0.15) is 0 Å². The van der Waals surface area contributed by atoms with E-state index in [0.717, 1.165) is 31.2 Å². The highest BCUT2D eigenvalue weighted by Gasteiger charge is 2.48. The quantitative estimate of drug-likeness (QED) is 0.370. The van der Waals surface area contributed by atoms with Gasteiger partial charge in [-0.15, -0.1) is 0 Å². The molecule has 2 saturated heterocycles. The third-order valence-electron chi connectivity index (χ3n) is 7.14. The number of anilines is 2. The molecule has 0 radical (unpaired) electrons. The van der Waals surface area contributed by atoms with Gasteiger partial charge in [0.05, 0.1) is 23.4 Å². The number of benzene rings is 2. The first-order valence-electron chi connectivity index (χ1n) is 11.6. The average Bonchev–Trinajstić information content (AvgIpc) is 3.34. The number of nitrogens with zero attached hydrogens (tertiary/aromatic N) is 2. The van der Waals surface area contributed by atoms with Crippen LogP contribution in [0.1, 0.15) is 37.7 Å². The van der Waals surface area contributed by atoms with Crippen LogP contribution in [0.15, 0.2) is 42.5 Å². The zero-order chi connectivity index (χ0) is 24.0. The lowest BCUT2D eigenvalue weighted by Crippen LogP contribution is -2.30. The van der Waals surface area contributed by atoms with E-state index in [-0.39, 0.29) is 42.5 Å². The van der Waals surface area contributed by atoms with E-state index in [1.165, 1.54) is 4.90 Å². The number of imide groups is 1. The van der Waals surface area contributed by atoms with Crippen LogP contribution in [0.3, 0.4) is 0 Å². The number of carbonyl (C=O) groups is 4. The highest BCUT2D eigenvalue weighted by molar-refractivity contribution is 6.31. The molecule has 3 atom stereocenters. The summed E-state index contributed by atoms with van der Waals surface area (Å²) in [6.07, 6.45) is 3.52. The molecule has 8 heteroatoms. The number of rotatable bonds is 4. The maximum atomic E-state index is 12.8. The molecule has 2 aromatic carbocycles. The molecule has 0 aromatic heterocycles. The summed E-state index contributed by atoms with van der Waals surface area (Å²) in [6.45, 7) is 2.05. The number of hydrogen-bond donors (Lipinski definition) is 0. The van der Waals surface area contributed by atoms with Gasteiger partial charge in [0.15, 0.2) is 0 Å². The Morgan fingerprint density at radius 2 is 1.62 bits per heavy atom. The molecule has 1 aliphatic carbocycles. The summed E-state index contributed by atoms with van der Waals surface area (Å²) >= 11 is 6.18. The minimum atomic E-state index is -0.601. The molecule has 5 rings (SSSR count). The number of halogens is 1. The normalized spacial score (nSPS) is 24.5. The molecule has 3 aliphatic rings. The highest BCUT2D eigenvalue weighted by Crippen LogP contribution is 2.40. The topological polar surface area (TPSA) is 84.0 Å². The summed E-state index contributed by atoms with van der Waals surface area (Å²) in [6, 6.07) is 11.7. The molecule has 7 nitrogen and oxygen atoms in total. The first-order valence-corrected chi connectivity index (χ1v) is 12.0. The minimum Gasteiger partial charge on any atom is -0.426 e. The predicted molar refractivity (Wildman–Crippen MR) is 127 cm³/mol. The SMILES string of the molecule is Cc1c(Cl)cccc1N1C[C@@H](C(=O)Oc2ccc(N3C(=O)[C@H]4CCCC[C@H]4C3=O)cc2)CC1=O. The molecular formula is C26H25ClN2O5. The maximum absolute atomic E-state index is 12.8. The highest BCUT2D eigenvalue weighted by atomic mass is 35.5. The molecule has 0 bridgehead atoms. The minimum absolute atomic E-state index is 0.0580. The zero-order valence-corrected chi connectivity index (χ0v) is 19.6. The summed E-state index contributed by atoms with van der Waals surface area (Å²) in [5.74, 6) is -1.67.